The molecule has 2 aromatic heterocycles. The van der Waals surface area contributed by atoms with Crippen LogP contribution in [0.3, 0.4) is 0 Å². The molecule has 32 heavy (non-hydrogen) atoms. The van der Waals surface area contributed by atoms with Crippen LogP contribution in [0.2, 0.25) is 10.0 Å². The van der Waals surface area contributed by atoms with Gasteiger partial charge in [-0.25, -0.2) is 9.78 Å². The van der Waals surface area contributed by atoms with Crippen molar-refractivity contribution in [3.63, 3.8) is 0 Å². The Morgan fingerprint density at radius 3 is 2.47 bits per heavy atom. The third kappa shape index (κ3) is 4.66. The van der Waals surface area contributed by atoms with Crippen molar-refractivity contribution in [3.8, 4) is 0 Å². The third-order valence-corrected chi connectivity index (χ3v) is 5.37. The van der Waals surface area contributed by atoms with Crippen LogP contribution in [0.4, 0.5) is 11.6 Å². The number of aromatic nitrogens is 3. The standard InChI is InChI=1S/C22H17Cl2N5O3/c1-32-22(31)15-5-3-14(4-6-15)21(30)27-20-12-26-19-9-8-18(28-29(19)20)25-11-13-2-7-16(23)17(24)10-13/h2-10,12H,11H2,1H3,(H,25,28)(H,27,30). The van der Waals surface area contributed by atoms with Gasteiger partial charge in [-0.1, -0.05) is 29.3 Å². The van der Waals surface area contributed by atoms with Crippen LogP contribution >= 0.6 is 23.2 Å². The highest BCUT2D eigenvalue weighted by molar-refractivity contribution is 6.42. The maximum absolute atomic E-state index is 12.6. The molecule has 0 fully saturated rings. The van der Waals surface area contributed by atoms with Gasteiger partial charge in [0, 0.05) is 12.1 Å². The van der Waals surface area contributed by atoms with Crippen LogP contribution in [0.5, 0.6) is 0 Å². The normalized spacial score (nSPS) is 10.7. The van der Waals surface area contributed by atoms with Crippen LogP contribution < -0.4 is 10.6 Å². The molecule has 4 rings (SSSR count). The molecule has 0 saturated carbocycles. The number of amides is 1. The Balaban J connectivity index is 1.49. The van der Waals surface area contributed by atoms with Gasteiger partial charge in [-0.05, 0) is 54.1 Å². The molecule has 0 radical (unpaired) electrons. The van der Waals surface area contributed by atoms with Gasteiger partial charge < -0.3 is 15.4 Å². The van der Waals surface area contributed by atoms with E-state index in [9.17, 15) is 9.59 Å². The number of imidazole rings is 1. The van der Waals surface area contributed by atoms with Crippen LogP contribution in [-0.2, 0) is 11.3 Å². The van der Waals surface area contributed by atoms with Gasteiger partial charge in [-0.3, -0.25) is 4.79 Å². The lowest BCUT2D eigenvalue weighted by molar-refractivity contribution is 0.0600. The molecule has 0 aliphatic heterocycles. The van der Waals surface area contributed by atoms with Crippen molar-refractivity contribution in [1.29, 1.82) is 0 Å². The van der Waals surface area contributed by atoms with Crippen molar-refractivity contribution in [2.45, 2.75) is 6.54 Å². The molecule has 0 unspecified atom stereocenters. The molecule has 0 spiro atoms. The van der Waals surface area contributed by atoms with E-state index in [1.54, 1.807) is 36.4 Å². The zero-order valence-corrected chi connectivity index (χ0v) is 18.3. The molecule has 2 N–H and O–H groups in total. The minimum absolute atomic E-state index is 0.359. The SMILES string of the molecule is COC(=O)c1ccc(C(=O)Nc2cnc3ccc(NCc4ccc(Cl)c(Cl)c4)nn23)cc1. The molecule has 162 valence electrons. The number of esters is 1. The van der Waals surface area contributed by atoms with Gasteiger partial charge in [0.25, 0.3) is 5.91 Å². The van der Waals surface area contributed by atoms with E-state index in [0.717, 1.165) is 5.56 Å². The average Bonchev–Trinajstić information content (AvgIpc) is 3.21. The summed E-state index contributed by atoms with van der Waals surface area (Å²) in [6.45, 7) is 0.484. The Kier molecular flexibility index (Phi) is 6.25. The number of benzene rings is 2. The Hall–Kier alpha value is -3.62. The van der Waals surface area contributed by atoms with E-state index < -0.39 is 5.97 Å². The van der Waals surface area contributed by atoms with E-state index in [-0.39, 0.29) is 5.91 Å². The van der Waals surface area contributed by atoms with Gasteiger partial charge in [-0.15, -0.1) is 5.10 Å². The van der Waals surface area contributed by atoms with E-state index in [1.165, 1.54) is 30.0 Å². The Labute approximate surface area is 193 Å². The molecule has 2 aromatic carbocycles. The van der Waals surface area contributed by atoms with E-state index in [2.05, 4.69) is 25.5 Å². The number of hydrogen-bond acceptors (Lipinski definition) is 6. The van der Waals surface area contributed by atoms with E-state index in [0.29, 0.717) is 45.0 Å². The van der Waals surface area contributed by atoms with E-state index in [1.807, 2.05) is 6.07 Å². The first-order chi connectivity index (χ1) is 15.4. The van der Waals surface area contributed by atoms with Crippen LogP contribution in [-0.4, -0.2) is 33.6 Å². The maximum Gasteiger partial charge on any atom is 0.337 e. The van der Waals surface area contributed by atoms with E-state index in [4.69, 9.17) is 23.2 Å². The number of halogens is 2. The number of hydrogen-bond donors (Lipinski definition) is 2. The minimum Gasteiger partial charge on any atom is -0.465 e. The highest BCUT2D eigenvalue weighted by Gasteiger charge is 2.13. The van der Waals surface area contributed by atoms with Gasteiger partial charge in [0.15, 0.2) is 11.5 Å². The molecular formula is C22H17Cl2N5O3. The largest absolute Gasteiger partial charge is 0.465 e. The number of anilines is 2. The lowest BCUT2D eigenvalue weighted by atomic mass is 10.1. The summed E-state index contributed by atoms with van der Waals surface area (Å²) in [5.74, 6) is 0.155. The number of nitrogens with zero attached hydrogens (tertiary/aromatic N) is 3. The van der Waals surface area contributed by atoms with Gasteiger partial charge in [0.1, 0.15) is 5.82 Å². The van der Waals surface area contributed by atoms with Crippen LogP contribution in [0.1, 0.15) is 26.3 Å². The first-order valence-corrected chi connectivity index (χ1v) is 10.2. The zero-order valence-electron chi connectivity index (χ0n) is 16.8. The first kappa shape index (κ1) is 21.6. The van der Waals surface area contributed by atoms with Crippen LogP contribution in [0, 0.1) is 0 Å². The fraction of sp³-hybridized carbons (Fsp3) is 0.0909. The highest BCUT2D eigenvalue weighted by Crippen LogP contribution is 2.23. The highest BCUT2D eigenvalue weighted by atomic mass is 35.5. The molecule has 1 amide bonds. The number of carbonyl (C=O) groups excluding carboxylic acids is 2. The molecule has 4 aromatic rings. The zero-order chi connectivity index (χ0) is 22.7. The Morgan fingerprint density at radius 2 is 1.75 bits per heavy atom. The molecule has 10 heteroatoms. The number of fused-ring (bicyclic) bond motifs is 1. The number of ether oxygens (including phenoxy) is 1. The summed E-state index contributed by atoms with van der Waals surface area (Å²) < 4.78 is 6.19. The molecule has 0 aliphatic carbocycles. The van der Waals surface area contributed by atoms with Crippen molar-refractivity contribution in [1.82, 2.24) is 14.6 Å². The molecule has 8 nitrogen and oxygen atoms in total. The van der Waals surface area contributed by atoms with Gasteiger partial charge in [-0.2, -0.15) is 4.52 Å². The number of methoxy groups -OCH3 is 1. The van der Waals surface area contributed by atoms with Crippen LogP contribution in [0.15, 0.2) is 60.8 Å². The molecule has 0 saturated heterocycles. The summed E-state index contributed by atoms with van der Waals surface area (Å²) in [4.78, 5) is 28.4. The Bertz CT molecular complexity index is 1300. The summed E-state index contributed by atoms with van der Waals surface area (Å²) in [7, 11) is 1.30. The third-order valence-electron chi connectivity index (χ3n) is 4.63. The molecule has 2 heterocycles. The summed E-state index contributed by atoms with van der Waals surface area (Å²) >= 11 is 12.0. The fourth-order valence-electron chi connectivity index (χ4n) is 2.96. The van der Waals surface area contributed by atoms with E-state index >= 15 is 0 Å². The molecule has 0 bridgehead atoms. The summed E-state index contributed by atoms with van der Waals surface area (Å²) in [6, 6.07) is 15.1. The summed E-state index contributed by atoms with van der Waals surface area (Å²) in [5.41, 5.74) is 2.25. The van der Waals surface area contributed by atoms with Crippen molar-refractivity contribution in [2.24, 2.45) is 0 Å². The monoisotopic (exact) mass is 469 g/mol. The summed E-state index contributed by atoms with van der Waals surface area (Å²) in [5, 5.41) is 11.5. The second-order valence-corrected chi connectivity index (χ2v) is 7.57. The number of nitrogens with one attached hydrogen (secondary N) is 2. The second kappa shape index (κ2) is 9.25. The average molecular weight is 470 g/mol. The fourth-order valence-corrected chi connectivity index (χ4v) is 3.28. The maximum atomic E-state index is 12.6. The smallest absolute Gasteiger partial charge is 0.337 e. The van der Waals surface area contributed by atoms with Gasteiger partial charge >= 0.3 is 5.97 Å². The van der Waals surface area contributed by atoms with Gasteiger partial charge in [0.2, 0.25) is 0 Å². The molecular weight excluding hydrogens is 453 g/mol. The lowest BCUT2D eigenvalue weighted by Crippen LogP contribution is -2.14. The Morgan fingerprint density at radius 1 is 1.00 bits per heavy atom. The lowest BCUT2D eigenvalue weighted by Gasteiger charge is -2.09. The molecule has 0 atom stereocenters. The minimum atomic E-state index is -0.469. The van der Waals surface area contributed by atoms with Gasteiger partial charge in [0.05, 0.1) is 28.9 Å². The molecule has 0 aliphatic rings. The predicted molar refractivity (Wildman–Crippen MR) is 123 cm³/mol. The quantitative estimate of drug-likeness (QED) is 0.397. The topological polar surface area (TPSA) is 97.6 Å². The van der Waals surface area contributed by atoms with Crippen molar-refractivity contribution >= 4 is 52.4 Å². The number of carbonyl (C=O) groups is 2. The van der Waals surface area contributed by atoms with Crippen molar-refractivity contribution in [3.05, 3.63) is 87.5 Å². The van der Waals surface area contributed by atoms with Crippen molar-refractivity contribution < 1.29 is 14.3 Å². The summed E-state index contributed by atoms with van der Waals surface area (Å²) in [6.07, 6.45) is 1.52. The van der Waals surface area contributed by atoms with Crippen LogP contribution in [0.25, 0.3) is 5.65 Å². The number of rotatable bonds is 6. The van der Waals surface area contributed by atoms with Crippen molar-refractivity contribution in [2.75, 3.05) is 17.7 Å². The second-order valence-electron chi connectivity index (χ2n) is 6.76. The first-order valence-electron chi connectivity index (χ1n) is 9.47. The predicted octanol–water partition coefficient (Wildman–Crippen LogP) is 4.69.